The van der Waals surface area contributed by atoms with Crippen LogP contribution in [0, 0.1) is 6.92 Å². The summed E-state index contributed by atoms with van der Waals surface area (Å²) in [6, 6.07) is 8.13. The van der Waals surface area contributed by atoms with Crippen LogP contribution in [0.15, 0.2) is 30.3 Å². The van der Waals surface area contributed by atoms with Gasteiger partial charge in [0.25, 0.3) is 12.3 Å². The van der Waals surface area contributed by atoms with Crippen molar-refractivity contribution in [3.8, 4) is 0 Å². The first-order valence-electron chi connectivity index (χ1n) is 5.67. The number of carbonyl (C=O) groups excluding carboxylic acids is 1. The molecule has 4 nitrogen and oxygen atoms in total. The van der Waals surface area contributed by atoms with Crippen molar-refractivity contribution in [2.24, 2.45) is 7.05 Å². The van der Waals surface area contributed by atoms with E-state index in [1.165, 1.54) is 11.7 Å². The van der Waals surface area contributed by atoms with E-state index >= 15 is 0 Å². The maximum atomic E-state index is 12.5. The largest absolute Gasteiger partial charge is 0.307 e. The zero-order valence-corrected chi connectivity index (χ0v) is 10.5. The SMILES string of the molecule is Cc1ccc(C(=O)Nc2cc(C(F)F)nn2C)cc1. The molecule has 0 fully saturated rings. The molecule has 0 radical (unpaired) electrons. The van der Waals surface area contributed by atoms with Crippen LogP contribution in [-0.4, -0.2) is 15.7 Å². The molecule has 0 bridgehead atoms. The second kappa shape index (κ2) is 5.17. The highest BCUT2D eigenvalue weighted by Gasteiger charge is 2.15. The van der Waals surface area contributed by atoms with Crippen LogP contribution in [0.5, 0.6) is 0 Å². The van der Waals surface area contributed by atoms with Crippen molar-refractivity contribution in [2.75, 3.05) is 5.32 Å². The van der Waals surface area contributed by atoms with Gasteiger partial charge in [-0.05, 0) is 19.1 Å². The molecule has 19 heavy (non-hydrogen) atoms. The number of aryl methyl sites for hydroxylation is 2. The van der Waals surface area contributed by atoms with Crippen LogP contribution in [0.4, 0.5) is 14.6 Å². The van der Waals surface area contributed by atoms with Gasteiger partial charge in [0.15, 0.2) is 0 Å². The lowest BCUT2D eigenvalue weighted by atomic mass is 10.1. The van der Waals surface area contributed by atoms with Gasteiger partial charge in [-0.2, -0.15) is 5.10 Å². The fraction of sp³-hybridized carbons (Fsp3) is 0.231. The van der Waals surface area contributed by atoms with Crippen molar-refractivity contribution in [3.63, 3.8) is 0 Å². The van der Waals surface area contributed by atoms with Crippen LogP contribution < -0.4 is 5.32 Å². The molecule has 0 aliphatic carbocycles. The van der Waals surface area contributed by atoms with Crippen LogP contribution in [0.1, 0.15) is 28.0 Å². The van der Waals surface area contributed by atoms with Crippen LogP contribution in [0.2, 0.25) is 0 Å². The van der Waals surface area contributed by atoms with Gasteiger partial charge >= 0.3 is 0 Å². The minimum atomic E-state index is -2.66. The Morgan fingerprint density at radius 3 is 2.47 bits per heavy atom. The fourth-order valence-corrected chi connectivity index (χ4v) is 1.61. The van der Waals surface area contributed by atoms with Crippen LogP contribution >= 0.6 is 0 Å². The van der Waals surface area contributed by atoms with Gasteiger partial charge in [0.1, 0.15) is 11.5 Å². The third-order valence-corrected chi connectivity index (χ3v) is 2.68. The predicted molar refractivity (Wildman–Crippen MR) is 67.3 cm³/mol. The van der Waals surface area contributed by atoms with Crippen LogP contribution in [0.25, 0.3) is 0 Å². The molecule has 2 aromatic rings. The quantitative estimate of drug-likeness (QED) is 0.927. The maximum Gasteiger partial charge on any atom is 0.282 e. The molecule has 2 rings (SSSR count). The first-order valence-corrected chi connectivity index (χ1v) is 5.67. The Balaban J connectivity index is 2.17. The Kier molecular flexibility index (Phi) is 3.59. The summed E-state index contributed by atoms with van der Waals surface area (Å²) in [4.78, 5) is 11.9. The van der Waals surface area contributed by atoms with Gasteiger partial charge in [-0.15, -0.1) is 0 Å². The zero-order valence-electron chi connectivity index (χ0n) is 10.5. The number of hydrogen-bond donors (Lipinski definition) is 1. The van der Waals surface area contributed by atoms with E-state index in [1.807, 2.05) is 19.1 Å². The van der Waals surface area contributed by atoms with Crippen molar-refractivity contribution in [1.82, 2.24) is 9.78 Å². The summed E-state index contributed by atoms with van der Waals surface area (Å²) in [6.07, 6.45) is -2.66. The summed E-state index contributed by atoms with van der Waals surface area (Å²) in [7, 11) is 1.50. The molecular weight excluding hydrogens is 252 g/mol. The predicted octanol–water partition coefficient (Wildman–Crippen LogP) is 2.92. The molecule has 0 spiro atoms. The highest BCUT2D eigenvalue weighted by molar-refractivity contribution is 6.03. The molecule has 1 N–H and O–H groups in total. The third-order valence-electron chi connectivity index (χ3n) is 2.68. The minimum Gasteiger partial charge on any atom is -0.307 e. The van der Waals surface area contributed by atoms with Crippen molar-refractivity contribution in [1.29, 1.82) is 0 Å². The van der Waals surface area contributed by atoms with Gasteiger partial charge < -0.3 is 5.32 Å². The van der Waals surface area contributed by atoms with Gasteiger partial charge in [0.2, 0.25) is 0 Å². The summed E-state index contributed by atoms with van der Waals surface area (Å²) in [5.41, 5.74) is 1.14. The summed E-state index contributed by atoms with van der Waals surface area (Å²) in [5.74, 6) is -0.121. The fourth-order valence-electron chi connectivity index (χ4n) is 1.61. The standard InChI is InChI=1S/C13H13F2N3O/c1-8-3-5-9(6-4-8)13(19)16-11-7-10(12(14)15)17-18(11)2/h3-7,12H,1-2H3,(H,16,19). The molecule has 6 heteroatoms. The van der Waals surface area contributed by atoms with Crippen molar-refractivity contribution >= 4 is 11.7 Å². The van der Waals surface area contributed by atoms with Gasteiger partial charge in [-0.25, -0.2) is 8.78 Å². The monoisotopic (exact) mass is 265 g/mol. The molecule has 0 saturated carbocycles. The highest BCUT2D eigenvalue weighted by atomic mass is 19.3. The number of amides is 1. The number of carbonyl (C=O) groups is 1. The zero-order chi connectivity index (χ0) is 14.0. The van der Waals surface area contributed by atoms with E-state index in [1.54, 1.807) is 12.1 Å². The Morgan fingerprint density at radius 2 is 1.95 bits per heavy atom. The van der Waals surface area contributed by atoms with Gasteiger partial charge in [-0.3, -0.25) is 9.48 Å². The van der Waals surface area contributed by atoms with Gasteiger partial charge in [-0.1, -0.05) is 17.7 Å². The number of halogens is 2. The Morgan fingerprint density at radius 1 is 1.32 bits per heavy atom. The summed E-state index contributed by atoms with van der Waals surface area (Å²) in [5, 5.41) is 6.17. The molecule has 0 atom stereocenters. The van der Waals surface area contributed by atoms with E-state index in [-0.39, 0.29) is 17.4 Å². The molecular formula is C13H13F2N3O. The van der Waals surface area contributed by atoms with E-state index in [0.29, 0.717) is 5.56 Å². The van der Waals surface area contributed by atoms with E-state index < -0.39 is 6.43 Å². The summed E-state index contributed by atoms with van der Waals surface area (Å²) < 4.78 is 26.2. The van der Waals surface area contributed by atoms with Crippen molar-refractivity contribution < 1.29 is 13.6 Å². The first kappa shape index (κ1) is 13.2. The number of benzene rings is 1. The maximum absolute atomic E-state index is 12.5. The number of alkyl halides is 2. The number of nitrogens with zero attached hydrogens (tertiary/aromatic N) is 2. The summed E-state index contributed by atoms with van der Waals surface area (Å²) >= 11 is 0. The van der Waals surface area contributed by atoms with E-state index in [4.69, 9.17) is 0 Å². The van der Waals surface area contributed by atoms with E-state index in [0.717, 1.165) is 11.6 Å². The molecule has 1 aromatic heterocycles. The van der Waals surface area contributed by atoms with Crippen LogP contribution in [-0.2, 0) is 7.05 Å². The molecule has 1 amide bonds. The number of aromatic nitrogens is 2. The van der Waals surface area contributed by atoms with Crippen LogP contribution in [0.3, 0.4) is 0 Å². The van der Waals surface area contributed by atoms with E-state index in [2.05, 4.69) is 10.4 Å². The average Bonchev–Trinajstić information content (AvgIpc) is 2.72. The molecule has 0 saturated heterocycles. The molecule has 0 aliphatic rings. The number of hydrogen-bond acceptors (Lipinski definition) is 2. The number of rotatable bonds is 3. The Bertz CT molecular complexity index is 590. The van der Waals surface area contributed by atoms with Gasteiger partial charge in [0.05, 0.1) is 0 Å². The minimum absolute atomic E-state index is 0.237. The lowest BCUT2D eigenvalue weighted by Gasteiger charge is -2.05. The lowest BCUT2D eigenvalue weighted by Crippen LogP contribution is -2.14. The highest BCUT2D eigenvalue weighted by Crippen LogP contribution is 2.20. The molecule has 1 heterocycles. The summed E-state index contributed by atoms with van der Waals surface area (Å²) in [6.45, 7) is 1.91. The Labute approximate surface area is 109 Å². The van der Waals surface area contributed by atoms with Crippen molar-refractivity contribution in [2.45, 2.75) is 13.3 Å². The number of anilines is 1. The second-order valence-corrected chi connectivity index (χ2v) is 4.20. The normalized spacial score (nSPS) is 10.8. The molecule has 100 valence electrons. The van der Waals surface area contributed by atoms with Crippen molar-refractivity contribution in [3.05, 3.63) is 47.2 Å². The number of nitrogens with one attached hydrogen (secondary N) is 1. The molecule has 1 aromatic carbocycles. The first-order chi connectivity index (χ1) is 8.97. The second-order valence-electron chi connectivity index (χ2n) is 4.20. The average molecular weight is 265 g/mol. The van der Waals surface area contributed by atoms with Gasteiger partial charge in [0, 0.05) is 18.7 Å². The molecule has 0 unspecified atom stereocenters. The lowest BCUT2D eigenvalue weighted by molar-refractivity contribution is 0.102. The Hall–Kier alpha value is -2.24. The van der Waals surface area contributed by atoms with E-state index in [9.17, 15) is 13.6 Å². The molecule has 0 aliphatic heterocycles. The smallest absolute Gasteiger partial charge is 0.282 e. The topological polar surface area (TPSA) is 46.9 Å². The third kappa shape index (κ3) is 2.96.